The molecule has 0 aliphatic carbocycles. The summed E-state index contributed by atoms with van der Waals surface area (Å²) in [6.45, 7) is 12.8. The lowest BCUT2D eigenvalue weighted by atomic mass is 9.94. The van der Waals surface area contributed by atoms with E-state index >= 15 is 0 Å². The first-order valence-electron chi connectivity index (χ1n) is 6.91. The number of rotatable bonds is 2. The quantitative estimate of drug-likeness (QED) is 0.864. The van der Waals surface area contributed by atoms with Crippen molar-refractivity contribution in [1.29, 1.82) is 0 Å². The summed E-state index contributed by atoms with van der Waals surface area (Å²) in [5.41, 5.74) is 5.35. The van der Waals surface area contributed by atoms with Crippen molar-refractivity contribution < 1.29 is 4.74 Å². The van der Waals surface area contributed by atoms with Crippen LogP contribution in [0, 0.1) is 20.8 Å². The summed E-state index contributed by atoms with van der Waals surface area (Å²) in [5, 5.41) is 3.51. The molecule has 0 spiro atoms. The smallest absolute Gasteiger partial charge is 0.0959 e. The summed E-state index contributed by atoms with van der Waals surface area (Å²) in [7, 11) is 0. The lowest BCUT2D eigenvalue weighted by Crippen LogP contribution is -2.48. The van der Waals surface area contributed by atoms with Crippen molar-refractivity contribution in [2.24, 2.45) is 0 Å². The molecule has 1 saturated heterocycles. The Kier molecular flexibility index (Phi) is 3.79. The van der Waals surface area contributed by atoms with Gasteiger partial charge in [-0.15, -0.1) is 0 Å². The van der Waals surface area contributed by atoms with E-state index in [1.54, 1.807) is 0 Å². The molecule has 0 bridgehead atoms. The monoisotopic (exact) mass is 247 g/mol. The van der Waals surface area contributed by atoms with Gasteiger partial charge in [0.15, 0.2) is 0 Å². The number of ether oxygens (including phenoxy) is 1. The van der Waals surface area contributed by atoms with Crippen LogP contribution in [0.5, 0.6) is 0 Å². The Labute approximate surface area is 111 Å². The zero-order valence-corrected chi connectivity index (χ0v) is 12.3. The van der Waals surface area contributed by atoms with Crippen LogP contribution in [0.1, 0.15) is 48.6 Å². The Morgan fingerprint density at radius 2 is 1.89 bits per heavy atom. The Bertz CT molecular complexity index is 441. The molecule has 2 atom stereocenters. The second kappa shape index (κ2) is 5.02. The summed E-state index contributed by atoms with van der Waals surface area (Å²) in [6, 6.07) is 4.56. The van der Waals surface area contributed by atoms with Gasteiger partial charge in [0.25, 0.3) is 0 Å². The molecule has 1 aliphatic heterocycles. The Morgan fingerprint density at radius 3 is 2.56 bits per heavy atom. The number of morpholine rings is 1. The molecule has 0 aromatic heterocycles. The van der Waals surface area contributed by atoms with E-state index in [-0.39, 0.29) is 11.7 Å². The molecular formula is C16H25NO. The van der Waals surface area contributed by atoms with Crippen LogP contribution in [0.3, 0.4) is 0 Å². The van der Waals surface area contributed by atoms with E-state index in [1.807, 2.05) is 0 Å². The topological polar surface area (TPSA) is 21.3 Å². The number of hydrogen-bond acceptors (Lipinski definition) is 2. The summed E-state index contributed by atoms with van der Waals surface area (Å²) >= 11 is 0. The van der Waals surface area contributed by atoms with Gasteiger partial charge in [0.2, 0.25) is 0 Å². The SMILES string of the molecule is CCC1(C)CNCC(c2cc(C)c(C)cc2C)O1. The molecule has 100 valence electrons. The van der Waals surface area contributed by atoms with Crippen LogP contribution >= 0.6 is 0 Å². The van der Waals surface area contributed by atoms with E-state index in [4.69, 9.17) is 4.74 Å². The Morgan fingerprint density at radius 1 is 1.22 bits per heavy atom. The predicted molar refractivity (Wildman–Crippen MR) is 76.0 cm³/mol. The zero-order chi connectivity index (χ0) is 13.3. The van der Waals surface area contributed by atoms with Gasteiger partial charge in [0, 0.05) is 13.1 Å². The van der Waals surface area contributed by atoms with Crippen molar-refractivity contribution in [1.82, 2.24) is 5.32 Å². The fourth-order valence-electron chi connectivity index (χ4n) is 2.61. The molecule has 1 aliphatic rings. The van der Waals surface area contributed by atoms with Crippen LogP contribution in [0.25, 0.3) is 0 Å². The lowest BCUT2D eigenvalue weighted by Gasteiger charge is -2.39. The second-order valence-electron chi connectivity index (χ2n) is 5.83. The fraction of sp³-hybridized carbons (Fsp3) is 0.625. The predicted octanol–water partition coefficient (Wildman–Crippen LogP) is 3.44. The molecule has 2 rings (SSSR count). The lowest BCUT2D eigenvalue weighted by molar-refractivity contribution is -0.109. The first kappa shape index (κ1) is 13.6. The number of nitrogens with one attached hydrogen (secondary N) is 1. The minimum atomic E-state index is -0.0336. The molecule has 0 amide bonds. The standard InChI is InChI=1S/C16H25NO/c1-6-16(5)10-17-9-15(18-16)14-8-12(3)11(2)7-13(14)4/h7-8,15,17H,6,9-10H2,1-5H3. The second-order valence-corrected chi connectivity index (χ2v) is 5.83. The van der Waals surface area contributed by atoms with Crippen molar-refractivity contribution in [3.8, 4) is 0 Å². The van der Waals surface area contributed by atoms with Gasteiger partial charge in [-0.3, -0.25) is 0 Å². The Hall–Kier alpha value is -0.860. The minimum absolute atomic E-state index is 0.0336. The number of benzene rings is 1. The molecule has 1 heterocycles. The molecule has 2 heteroatoms. The highest BCUT2D eigenvalue weighted by molar-refractivity contribution is 5.38. The molecule has 0 saturated carbocycles. The van der Waals surface area contributed by atoms with Crippen molar-refractivity contribution >= 4 is 0 Å². The third-order valence-electron chi connectivity index (χ3n) is 4.23. The normalized spacial score (nSPS) is 28.4. The summed E-state index contributed by atoms with van der Waals surface area (Å²) < 4.78 is 6.32. The molecule has 1 fully saturated rings. The summed E-state index contributed by atoms with van der Waals surface area (Å²) in [4.78, 5) is 0. The molecule has 2 unspecified atom stereocenters. The summed E-state index contributed by atoms with van der Waals surface area (Å²) in [5.74, 6) is 0. The van der Waals surface area contributed by atoms with Crippen LogP contribution in [0.15, 0.2) is 12.1 Å². The Balaban J connectivity index is 2.29. The van der Waals surface area contributed by atoms with Crippen LogP contribution in [-0.4, -0.2) is 18.7 Å². The van der Waals surface area contributed by atoms with Crippen LogP contribution in [0.4, 0.5) is 0 Å². The molecule has 0 radical (unpaired) electrons. The molecule has 2 nitrogen and oxygen atoms in total. The molecule has 1 aromatic rings. The molecule has 1 aromatic carbocycles. The highest BCUT2D eigenvalue weighted by Crippen LogP contribution is 2.31. The van der Waals surface area contributed by atoms with E-state index < -0.39 is 0 Å². The zero-order valence-electron chi connectivity index (χ0n) is 12.3. The van der Waals surface area contributed by atoms with Crippen LogP contribution in [0.2, 0.25) is 0 Å². The maximum absolute atomic E-state index is 6.32. The maximum atomic E-state index is 6.32. The maximum Gasteiger partial charge on any atom is 0.0959 e. The van der Waals surface area contributed by atoms with Gasteiger partial charge < -0.3 is 10.1 Å². The van der Waals surface area contributed by atoms with Crippen LogP contribution < -0.4 is 5.32 Å². The van der Waals surface area contributed by atoms with E-state index in [0.717, 1.165) is 19.5 Å². The first-order chi connectivity index (χ1) is 8.45. The van der Waals surface area contributed by atoms with E-state index in [9.17, 15) is 0 Å². The molecular weight excluding hydrogens is 222 g/mol. The van der Waals surface area contributed by atoms with Gasteiger partial charge in [-0.2, -0.15) is 0 Å². The van der Waals surface area contributed by atoms with Crippen molar-refractivity contribution in [3.05, 3.63) is 34.4 Å². The van der Waals surface area contributed by atoms with Crippen molar-refractivity contribution in [2.45, 2.75) is 52.7 Å². The number of hydrogen-bond donors (Lipinski definition) is 1. The highest BCUT2D eigenvalue weighted by atomic mass is 16.5. The largest absolute Gasteiger partial charge is 0.365 e. The van der Waals surface area contributed by atoms with E-state index in [0.29, 0.717) is 0 Å². The molecule has 1 N–H and O–H groups in total. The number of aryl methyl sites for hydroxylation is 3. The van der Waals surface area contributed by atoms with Gasteiger partial charge in [0.1, 0.15) is 0 Å². The average Bonchev–Trinajstić information content (AvgIpc) is 2.34. The van der Waals surface area contributed by atoms with Gasteiger partial charge in [-0.25, -0.2) is 0 Å². The summed E-state index contributed by atoms with van der Waals surface area (Å²) in [6.07, 6.45) is 1.23. The van der Waals surface area contributed by atoms with Gasteiger partial charge in [-0.1, -0.05) is 19.1 Å². The first-order valence-corrected chi connectivity index (χ1v) is 6.91. The van der Waals surface area contributed by atoms with Crippen molar-refractivity contribution in [3.63, 3.8) is 0 Å². The van der Waals surface area contributed by atoms with Gasteiger partial charge in [0.05, 0.1) is 11.7 Å². The molecule has 18 heavy (non-hydrogen) atoms. The van der Waals surface area contributed by atoms with E-state index in [2.05, 4.69) is 52.1 Å². The van der Waals surface area contributed by atoms with Gasteiger partial charge >= 0.3 is 0 Å². The minimum Gasteiger partial charge on any atom is -0.365 e. The fourth-order valence-corrected chi connectivity index (χ4v) is 2.61. The average molecular weight is 247 g/mol. The van der Waals surface area contributed by atoms with E-state index in [1.165, 1.54) is 22.3 Å². The third-order valence-corrected chi connectivity index (χ3v) is 4.23. The van der Waals surface area contributed by atoms with Gasteiger partial charge in [-0.05, 0) is 56.4 Å². The highest BCUT2D eigenvalue weighted by Gasteiger charge is 2.32. The third kappa shape index (κ3) is 2.60. The van der Waals surface area contributed by atoms with Crippen molar-refractivity contribution in [2.75, 3.05) is 13.1 Å². The van der Waals surface area contributed by atoms with Crippen LogP contribution in [-0.2, 0) is 4.74 Å².